The summed E-state index contributed by atoms with van der Waals surface area (Å²) in [6, 6.07) is 11.9. The van der Waals surface area contributed by atoms with Crippen LogP contribution in [0.2, 0.25) is 5.02 Å². The fourth-order valence-electron chi connectivity index (χ4n) is 7.91. The zero-order valence-corrected chi connectivity index (χ0v) is 25.9. The van der Waals surface area contributed by atoms with E-state index in [0.29, 0.717) is 37.2 Å². The van der Waals surface area contributed by atoms with Gasteiger partial charge in [0, 0.05) is 51.1 Å². The third kappa shape index (κ3) is 5.33. The molecule has 1 unspecified atom stereocenters. The number of nitrogens with one attached hydrogen (secondary N) is 1. The molecule has 0 radical (unpaired) electrons. The lowest BCUT2D eigenvalue weighted by Crippen LogP contribution is -2.51. The molecule has 42 heavy (non-hydrogen) atoms. The molecule has 7 atom stereocenters. The molecule has 7 rings (SSSR count). The van der Waals surface area contributed by atoms with Crippen molar-refractivity contribution in [2.24, 2.45) is 17.8 Å². The maximum atomic E-state index is 13.4. The molecule has 1 spiro atoms. The molecule has 226 valence electrons. The van der Waals surface area contributed by atoms with Gasteiger partial charge in [-0.05, 0) is 91.3 Å². The van der Waals surface area contributed by atoms with Crippen LogP contribution in [0.5, 0.6) is 5.75 Å². The van der Waals surface area contributed by atoms with Crippen molar-refractivity contribution in [2.75, 3.05) is 43.6 Å². The van der Waals surface area contributed by atoms with E-state index in [1.807, 2.05) is 18.2 Å². The third-order valence-corrected chi connectivity index (χ3v) is 12.0. The van der Waals surface area contributed by atoms with Gasteiger partial charge >= 0.3 is 0 Å². The maximum Gasteiger partial charge on any atom is 0.262 e. The average Bonchev–Trinajstić information content (AvgIpc) is 3.09. The molecule has 4 bridgehead atoms. The summed E-state index contributed by atoms with van der Waals surface area (Å²) in [4.78, 5) is 15.8. The standard InChI is InChI=1S/C33H41ClN2O5S/c1-21-18-40-31-16-30(21)39-12-13-42(2,38)35-32(37)23-6-10-29-28(15-23)36(17-24-5-8-26(24)31)19-33(20-41-29)11-3-4-22-14-25(34)7-9-27(22)33/h6-7,9-10,14-15,21,24,26,30-31H,2-5,8,11-13,16-20H2,1H3,(H,35,37,38)/t21-,24-,26+,30+,31-,33-,42?/m0/s1. The van der Waals surface area contributed by atoms with Crippen LogP contribution in [-0.2, 0) is 31.0 Å². The van der Waals surface area contributed by atoms with Crippen LogP contribution in [0.1, 0.15) is 60.5 Å². The van der Waals surface area contributed by atoms with Crippen LogP contribution in [0, 0.1) is 17.8 Å². The van der Waals surface area contributed by atoms with Gasteiger partial charge in [0.15, 0.2) is 0 Å². The summed E-state index contributed by atoms with van der Waals surface area (Å²) in [5.74, 6) is 5.63. The van der Waals surface area contributed by atoms with Gasteiger partial charge in [-0.25, -0.2) is 4.21 Å². The van der Waals surface area contributed by atoms with E-state index in [1.54, 1.807) is 6.07 Å². The molecule has 9 heteroatoms. The van der Waals surface area contributed by atoms with Crippen molar-refractivity contribution < 1.29 is 23.2 Å². The van der Waals surface area contributed by atoms with E-state index >= 15 is 0 Å². The summed E-state index contributed by atoms with van der Waals surface area (Å²) in [6.07, 6.45) is 6.47. The van der Waals surface area contributed by atoms with Crippen LogP contribution in [-0.4, -0.2) is 66.9 Å². The highest BCUT2D eigenvalue weighted by Gasteiger charge is 2.46. The lowest BCUT2D eigenvalue weighted by molar-refractivity contribution is -0.139. The molecule has 3 aliphatic heterocycles. The number of fused-ring (bicyclic) bond motifs is 7. The van der Waals surface area contributed by atoms with Crippen LogP contribution >= 0.6 is 11.6 Å². The predicted octanol–water partition coefficient (Wildman–Crippen LogP) is 5.02. The Bertz CT molecular complexity index is 1480. The van der Waals surface area contributed by atoms with Gasteiger partial charge in [-0.1, -0.05) is 24.6 Å². The largest absolute Gasteiger partial charge is 0.490 e. The summed E-state index contributed by atoms with van der Waals surface area (Å²) in [5.41, 5.74) is 3.82. The topological polar surface area (TPSA) is 77.1 Å². The van der Waals surface area contributed by atoms with Gasteiger partial charge in [-0.3, -0.25) is 9.52 Å². The van der Waals surface area contributed by atoms with Gasteiger partial charge in [0.25, 0.3) is 5.91 Å². The first kappa shape index (κ1) is 28.5. The third-order valence-electron chi connectivity index (χ3n) is 10.4. The normalized spacial score (nSPS) is 36.5. The highest BCUT2D eigenvalue weighted by Crippen LogP contribution is 2.47. The van der Waals surface area contributed by atoms with E-state index in [1.165, 1.54) is 11.1 Å². The van der Waals surface area contributed by atoms with Crippen LogP contribution in [0.4, 0.5) is 5.69 Å². The second-order valence-corrected chi connectivity index (χ2v) is 15.9. The molecule has 5 aliphatic rings. The number of rotatable bonds is 0. The monoisotopic (exact) mass is 612 g/mol. The molecule has 1 saturated carbocycles. The second kappa shape index (κ2) is 11.0. The lowest BCUT2D eigenvalue weighted by atomic mass is 9.67. The fraction of sp³-hybridized carbons (Fsp3) is 0.576. The number of anilines is 1. The van der Waals surface area contributed by atoms with Crippen molar-refractivity contribution in [1.29, 1.82) is 0 Å². The quantitative estimate of drug-likeness (QED) is 0.421. The van der Waals surface area contributed by atoms with Crippen LogP contribution in [0.3, 0.4) is 0 Å². The first-order valence-electron chi connectivity index (χ1n) is 15.4. The Morgan fingerprint density at radius 1 is 1.14 bits per heavy atom. The Kier molecular flexibility index (Phi) is 7.48. The molecule has 3 heterocycles. The number of nitrogens with zero attached hydrogens (tertiary/aromatic N) is 1. The maximum absolute atomic E-state index is 13.4. The minimum Gasteiger partial charge on any atom is -0.490 e. The Balaban J connectivity index is 1.28. The van der Waals surface area contributed by atoms with Crippen molar-refractivity contribution in [2.45, 2.75) is 63.1 Å². The Hall–Kier alpha value is -2.26. The molecular formula is C33H41ClN2O5S. The number of amides is 1. The lowest BCUT2D eigenvalue weighted by Gasteiger charge is -2.48. The number of hydrogen-bond acceptors (Lipinski definition) is 6. The van der Waals surface area contributed by atoms with Crippen molar-refractivity contribution in [3.8, 4) is 5.75 Å². The molecule has 2 fully saturated rings. The van der Waals surface area contributed by atoms with Crippen molar-refractivity contribution in [3.63, 3.8) is 0 Å². The number of hydrogen-bond donors (Lipinski definition) is 1. The molecule has 1 amide bonds. The van der Waals surface area contributed by atoms with Gasteiger partial charge in [-0.2, -0.15) is 0 Å². The summed E-state index contributed by atoms with van der Waals surface area (Å²) in [7, 11) is -2.87. The number of carbonyl (C=O) groups excluding carboxylic acids is 1. The smallest absolute Gasteiger partial charge is 0.262 e. The molecule has 1 N–H and O–H groups in total. The fourth-order valence-corrected chi connectivity index (χ4v) is 9.02. The second-order valence-electron chi connectivity index (χ2n) is 13.2. The van der Waals surface area contributed by atoms with Crippen molar-refractivity contribution in [3.05, 3.63) is 58.1 Å². The summed E-state index contributed by atoms with van der Waals surface area (Å²) >= 11 is 6.42. The van der Waals surface area contributed by atoms with Gasteiger partial charge in [0.1, 0.15) is 5.75 Å². The molecule has 0 aromatic heterocycles. The highest BCUT2D eigenvalue weighted by atomic mass is 35.5. The van der Waals surface area contributed by atoms with Gasteiger partial charge < -0.3 is 19.1 Å². The Morgan fingerprint density at radius 3 is 2.86 bits per heavy atom. The number of benzene rings is 2. The summed E-state index contributed by atoms with van der Waals surface area (Å²) in [6.45, 7) is 5.34. The van der Waals surface area contributed by atoms with Crippen LogP contribution < -0.4 is 14.4 Å². The predicted molar refractivity (Wildman–Crippen MR) is 167 cm³/mol. The van der Waals surface area contributed by atoms with Crippen LogP contribution in [0.15, 0.2) is 36.4 Å². The minimum atomic E-state index is -2.87. The molecule has 2 aliphatic carbocycles. The van der Waals surface area contributed by atoms with E-state index in [9.17, 15) is 9.00 Å². The molecular weight excluding hydrogens is 572 g/mol. The molecule has 7 nitrogen and oxygen atoms in total. The van der Waals surface area contributed by atoms with E-state index in [-0.39, 0.29) is 35.2 Å². The number of halogens is 1. The SMILES string of the molecule is C=S1(=O)CCO[C@@H]2C[C@H](OC[C@@H]2C)[C@@H]2CC[C@H]2CN2C[C@@]3(CCCc4cc(Cl)ccc43)COc3ccc(cc32)C(=O)N1. The molecule has 2 aromatic carbocycles. The average molecular weight is 613 g/mol. The van der Waals surface area contributed by atoms with E-state index < -0.39 is 9.71 Å². The van der Waals surface area contributed by atoms with E-state index in [2.05, 4.69) is 34.5 Å². The molecule has 2 aromatic rings. The summed E-state index contributed by atoms with van der Waals surface area (Å²) in [5, 5.41) is 0.771. The van der Waals surface area contributed by atoms with Crippen molar-refractivity contribution in [1.82, 2.24) is 4.72 Å². The van der Waals surface area contributed by atoms with Gasteiger partial charge in [-0.15, -0.1) is 0 Å². The summed E-state index contributed by atoms with van der Waals surface area (Å²) < 4.78 is 35.3. The van der Waals surface area contributed by atoms with Gasteiger partial charge in [0.05, 0.1) is 43.5 Å². The minimum absolute atomic E-state index is 0.0450. The van der Waals surface area contributed by atoms with Crippen molar-refractivity contribution >= 4 is 38.8 Å². The molecule has 1 saturated heterocycles. The number of ether oxygens (including phenoxy) is 3. The highest BCUT2D eigenvalue weighted by molar-refractivity contribution is 7.99. The Labute approximate surface area is 254 Å². The zero-order chi connectivity index (χ0) is 29.1. The van der Waals surface area contributed by atoms with E-state index in [0.717, 1.165) is 68.1 Å². The number of carbonyl (C=O) groups is 1. The number of aryl methyl sites for hydroxylation is 1. The first-order valence-corrected chi connectivity index (χ1v) is 17.7. The van der Waals surface area contributed by atoms with Gasteiger partial charge in [0.2, 0.25) is 0 Å². The van der Waals surface area contributed by atoms with Crippen LogP contribution in [0.25, 0.3) is 0 Å². The Morgan fingerprint density at radius 2 is 2.02 bits per heavy atom. The first-order chi connectivity index (χ1) is 20.2. The zero-order valence-electron chi connectivity index (χ0n) is 24.3. The van der Waals surface area contributed by atoms with E-state index in [4.69, 9.17) is 25.8 Å².